The summed E-state index contributed by atoms with van der Waals surface area (Å²) in [6.07, 6.45) is 5.85. The molecule has 0 aromatic carbocycles. The SMILES string of the molecule is CC(C)CC(CNC(C)C)C1CCC1. The maximum atomic E-state index is 3.60. The van der Waals surface area contributed by atoms with E-state index in [0.717, 1.165) is 17.8 Å². The standard InChI is InChI=1S/C13H27N/c1-10(2)8-13(9-14-11(3)4)12-6-5-7-12/h10-14H,5-9H2,1-4H3. The normalized spacial score (nSPS) is 20.1. The molecule has 84 valence electrons. The summed E-state index contributed by atoms with van der Waals surface area (Å²) in [6.45, 7) is 10.4. The third-order valence-electron chi connectivity index (χ3n) is 3.38. The van der Waals surface area contributed by atoms with E-state index in [2.05, 4.69) is 33.0 Å². The van der Waals surface area contributed by atoms with E-state index in [1.54, 1.807) is 0 Å². The fraction of sp³-hybridized carbons (Fsp3) is 1.00. The van der Waals surface area contributed by atoms with E-state index in [-0.39, 0.29) is 0 Å². The van der Waals surface area contributed by atoms with E-state index in [1.807, 2.05) is 0 Å². The van der Waals surface area contributed by atoms with Crippen molar-refractivity contribution in [1.82, 2.24) is 5.32 Å². The van der Waals surface area contributed by atoms with Crippen molar-refractivity contribution in [2.45, 2.75) is 59.4 Å². The molecule has 0 aliphatic heterocycles. The van der Waals surface area contributed by atoms with Crippen LogP contribution < -0.4 is 5.32 Å². The van der Waals surface area contributed by atoms with Crippen LogP contribution in [0.1, 0.15) is 53.4 Å². The minimum Gasteiger partial charge on any atom is -0.314 e. The monoisotopic (exact) mass is 197 g/mol. The van der Waals surface area contributed by atoms with Crippen LogP contribution >= 0.6 is 0 Å². The van der Waals surface area contributed by atoms with Crippen LogP contribution in [0.25, 0.3) is 0 Å². The molecule has 1 aliphatic carbocycles. The van der Waals surface area contributed by atoms with Gasteiger partial charge in [0.05, 0.1) is 0 Å². The van der Waals surface area contributed by atoms with Crippen LogP contribution in [0.15, 0.2) is 0 Å². The second-order valence-electron chi connectivity index (χ2n) is 5.64. The first-order chi connectivity index (χ1) is 6.59. The van der Waals surface area contributed by atoms with Crippen LogP contribution in [0.4, 0.5) is 0 Å². The molecule has 1 fully saturated rings. The van der Waals surface area contributed by atoms with Crippen molar-refractivity contribution in [3.8, 4) is 0 Å². The molecule has 1 unspecified atom stereocenters. The zero-order valence-electron chi connectivity index (χ0n) is 10.3. The highest BCUT2D eigenvalue weighted by molar-refractivity contribution is 4.80. The fourth-order valence-corrected chi connectivity index (χ4v) is 2.35. The summed E-state index contributed by atoms with van der Waals surface area (Å²) in [7, 11) is 0. The van der Waals surface area contributed by atoms with Crippen LogP contribution in [0.2, 0.25) is 0 Å². The van der Waals surface area contributed by atoms with Crippen LogP contribution in [0.3, 0.4) is 0 Å². The predicted molar refractivity (Wildman–Crippen MR) is 63.4 cm³/mol. The van der Waals surface area contributed by atoms with E-state index in [0.29, 0.717) is 6.04 Å². The van der Waals surface area contributed by atoms with Gasteiger partial charge in [0.2, 0.25) is 0 Å². The first-order valence-electron chi connectivity index (χ1n) is 6.33. The summed E-state index contributed by atoms with van der Waals surface area (Å²) in [5.74, 6) is 2.82. The van der Waals surface area contributed by atoms with Gasteiger partial charge in [-0.05, 0) is 30.7 Å². The third kappa shape index (κ3) is 4.00. The van der Waals surface area contributed by atoms with Gasteiger partial charge in [-0.3, -0.25) is 0 Å². The van der Waals surface area contributed by atoms with Crippen LogP contribution in [-0.4, -0.2) is 12.6 Å². The molecule has 1 nitrogen and oxygen atoms in total. The van der Waals surface area contributed by atoms with Gasteiger partial charge >= 0.3 is 0 Å². The minimum absolute atomic E-state index is 0.643. The summed E-state index contributed by atoms with van der Waals surface area (Å²) in [5, 5.41) is 3.60. The summed E-state index contributed by atoms with van der Waals surface area (Å²) in [4.78, 5) is 0. The summed E-state index contributed by atoms with van der Waals surface area (Å²) in [6, 6.07) is 0.643. The van der Waals surface area contributed by atoms with Crippen molar-refractivity contribution in [3.63, 3.8) is 0 Å². The molecule has 1 rings (SSSR count). The third-order valence-corrected chi connectivity index (χ3v) is 3.38. The highest BCUT2D eigenvalue weighted by Gasteiger charge is 2.27. The first-order valence-corrected chi connectivity index (χ1v) is 6.33. The van der Waals surface area contributed by atoms with Gasteiger partial charge in [-0.15, -0.1) is 0 Å². The van der Waals surface area contributed by atoms with E-state index in [9.17, 15) is 0 Å². The molecule has 0 spiro atoms. The number of rotatable bonds is 6. The molecule has 0 aromatic heterocycles. The zero-order chi connectivity index (χ0) is 10.6. The van der Waals surface area contributed by atoms with Crippen molar-refractivity contribution in [2.24, 2.45) is 17.8 Å². The van der Waals surface area contributed by atoms with Crippen molar-refractivity contribution in [3.05, 3.63) is 0 Å². The second kappa shape index (κ2) is 5.75. The maximum absolute atomic E-state index is 3.60. The van der Waals surface area contributed by atoms with E-state index >= 15 is 0 Å². The molecular weight excluding hydrogens is 170 g/mol. The van der Waals surface area contributed by atoms with Crippen LogP contribution in [0, 0.1) is 17.8 Å². The van der Waals surface area contributed by atoms with Crippen LogP contribution in [0.5, 0.6) is 0 Å². The highest BCUT2D eigenvalue weighted by atomic mass is 14.9. The first kappa shape index (κ1) is 12.0. The van der Waals surface area contributed by atoms with Gasteiger partial charge in [-0.25, -0.2) is 0 Å². The van der Waals surface area contributed by atoms with Gasteiger partial charge in [0, 0.05) is 6.04 Å². The molecule has 1 aliphatic rings. The molecule has 1 saturated carbocycles. The molecule has 0 aromatic rings. The van der Waals surface area contributed by atoms with E-state index in [1.165, 1.54) is 32.2 Å². The van der Waals surface area contributed by atoms with E-state index in [4.69, 9.17) is 0 Å². The second-order valence-corrected chi connectivity index (χ2v) is 5.64. The Morgan fingerprint density at radius 1 is 1.14 bits per heavy atom. The van der Waals surface area contributed by atoms with E-state index < -0.39 is 0 Å². The lowest BCUT2D eigenvalue weighted by atomic mass is 9.73. The van der Waals surface area contributed by atoms with Gasteiger partial charge in [0.15, 0.2) is 0 Å². The molecular formula is C13H27N. The Bertz CT molecular complexity index is 147. The van der Waals surface area contributed by atoms with Crippen molar-refractivity contribution < 1.29 is 0 Å². The Labute approximate surface area is 89.7 Å². The van der Waals surface area contributed by atoms with Gasteiger partial charge < -0.3 is 5.32 Å². The smallest absolute Gasteiger partial charge is 0.00104 e. The Morgan fingerprint density at radius 3 is 2.14 bits per heavy atom. The zero-order valence-corrected chi connectivity index (χ0v) is 10.3. The molecule has 0 heterocycles. The molecule has 1 heteroatoms. The average Bonchev–Trinajstić information content (AvgIpc) is 1.95. The van der Waals surface area contributed by atoms with Gasteiger partial charge in [0.25, 0.3) is 0 Å². The predicted octanol–water partition coefficient (Wildman–Crippen LogP) is 3.45. The number of hydrogen-bond donors (Lipinski definition) is 1. The highest BCUT2D eigenvalue weighted by Crippen LogP contribution is 2.36. The quantitative estimate of drug-likeness (QED) is 0.688. The largest absolute Gasteiger partial charge is 0.314 e. The molecule has 0 radical (unpaired) electrons. The molecule has 1 N–H and O–H groups in total. The number of hydrogen-bond acceptors (Lipinski definition) is 1. The Balaban J connectivity index is 2.28. The van der Waals surface area contributed by atoms with Crippen molar-refractivity contribution in [1.29, 1.82) is 0 Å². The van der Waals surface area contributed by atoms with Crippen molar-refractivity contribution >= 4 is 0 Å². The van der Waals surface area contributed by atoms with Gasteiger partial charge in [-0.2, -0.15) is 0 Å². The average molecular weight is 197 g/mol. The Hall–Kier alpha value is -0.0400. The Morgan fingerprint density at radius 2 is 1.79 bits per heavy atom. The van der Waals surface area contributed by atoms with Gasteiger partial charge in [0.1, 0.15) is 0 Å². The number of nitrogens with one attached hydrogen (secondary N) is 1. The van der Waals surface area contributed by atoms with Gasteiger partial charge in [-0.1, -0.05) is 47.0 Å². The molecule has 0 bridgehead atoms. The van der Waals surface area contributed by atoms with Crippen molar-refractivity contribution in [2.75, 3.05) is 6.54 Å². The lowest BCUT2D eigenvalue weighted by molar-refractivity contribution is 0.174. The topological polar surface area (TPSA) is 12.0 Å². The molecule has 1 atom stereocenters. The lowest BCUT2D eigenvalue weighted by Crippen LogP contribution is -2.35. The Kier molecular flexibility index (Phi) is 4.94. The fourth-order valence-electron chi connectivity index (χ4n) is 2.35. The maximum Gasteiger partial charge on any atom is 0.00104 e. The molecule has 14 heavy (non-hydrogen) atoms. The summed E-state index contributed by atoms with van der Waals surface area (Å²) >= 11 is 0. The minimum atomic E-state index is 0.643. The lowest BCUT2D eigenvalue weighted by Gasteiger charge is -2.35. The van der Waals surface area contributed by atoms with Crippen LogP contribution in [-0.2, 0) is 0 Å². The summed E-state index contributed by atoms with van der Waals surface area (Å²) < 4.78 is 0. The molecule has 0 amide bonds. The summed E-state index contributed by atoms with van der Waals surface area (Å²) in [5.41, 5.74) is 0. The molecule has 0 saturated heterocycles.